The summed E-state index contributed by atoms with van der Waals surface area (Å²) in [5, 5.41) is 26.4. The van der Waals surface area contributed by atoms with E-state index in [-0.39, 0.29) is 40.7 Å². The largest absolute Gasteiger partial charge is 0.507 e. The van der Waals surface area contributed by atoms with Crippen LogP contribution in [0.3, 0.4) is 0 Å². The van der Waals surface area contributed by atoms with Gasteiger partial charge in [0.05, 0.1) is 17.7 Å². The molecule has 1 heterocycles. The van der Waals surface area contributed by atoms with E-state index in [0.29, 0.717) is 16.5 Å². The highest BCUT2D eigenvalue weighted by atomic mass is 35.5. The summed E-state index contributed by atoms with van der Waals surface area (Å²) in [4.78, 5) is 39.5. The number of para-hydroxylation sites is 1. The standard InChI is InChI=1S/C34H26ClNO8/c1-17(37)28-22(38)15-27-34(2,32(28)40)30-23(39)14-26(42-3)29(31(30)44-27)33(41)36-16-18-12-13-24(20-9-5-4-8-19(18)20)43-25-11-7-6-10-21(25)35/h4-15,38-39H,16H2,1-3H3,(H,36,41)/t34-/m1/s1. The number of methoxy groups -OCH3 is 1. The fourth-order valence-corrected chi connectivity index (χ4v) is 5.88. The summed E-state index contributed by atoms with van der Waals surface area (Å²) < 4.78 is 17.5. The van der Waals surface area contributed by atoms with Crippen LogP contribution < -0.4 is 19.5 Å². The zero-order valence-corrected chi connectivity index (χ0v) is 24.6. The number of halogens is 1. The molecule has 0 saturated carbocycles. The van der Waals surface area contributed by atoms with Crippen molar-refractivity contribution in [3.63, 3.8) is 0 Å². The van der Waals surface area contributed by atoms with E-state index in [1.165, 1.54) is 20.1 Å². The maximum atomic E-state index is 13.8. The van der Waals surface area contributed by atoms with Crippen molar-refractivity contribution in [2.24, 2.45) is 0 Å². The third-order valence-corrected chi connectivity index (χ3v) is 8.22. The van der Waals surface area contributed by atoms with Crippen LogP contribution in [0.25, 0.3) is 10.8 Å². The van der Waals surface area contributed by atoms with E-state index in [2.05, 4.69) is 5.32 Å². The number of carbonyl (C=O) groups excluding carboxylic acids is 3. The Balaban J connectivity index is 1.35. The van der Waals surface area contributed by atoms with E-state index in [0.717, 1.165) is 29.3 Å². The van der Waals surface area contributed by atoms with Crippen molar-refractivity contribution in [3.05, 3.63) is 112 Å². The number of nitrogens with one attached hydrogen (secondary N) is 1. The lowest BCUT2D eigenvalue weighted by atomic mass is 9.71. The van der Waals surface area contributed by atoms with Crippen molar-refractivity contribution < 1.29 is 38.8 Å². The third kappa shape index (κ3) is 4.44. The number of aromatic hydroxyl groups is 1. The van der Waals surface area contributed by atoms with Gasteiger partial charge >= 0.3 is 0 Å². The molecule has 222 valence electrons. The van der Waals surface area contributed by atoms with Crippen LogP contribution in [-0.4, -0.2) is 34.8 Å². The first kappa shape index (κ1) is 28.8. The molecule has 4 aromatic carbocycles. The lowest BCUT2D eigenvalue weighted by Crippen LogP contribution is -2.38. The SMILES string of the molecule is COc1cc(O)c2c(c1C(=O)NCc1ccc(Oc3ccccc3Cl)c3ccccc13)OC1=CC(O)=C(C(C)=O)C(=O)[C@]12C. The highest BCUT2D eigenvalue weighted by molar-refractivity contribution is 6.32. The molecule has 0 fully saturated rings. The number of phenols is 1. The number of aliphatic hydroxyl groups is 1. The second kappa shape index (κ2) is 10.8. The Kier molecular flexibility index (Phi) is 7.05. The Morgan fingerprint density at radius 3 is 2.39 bits per heavy atom. The Bertz CT molecular complexity index is 1980. The molecular formula is C34H26ClNO8. The summed E-state index contributed by atoms with van der Waals surface area (Å²) in [7, 11) is 1.33. The molecule has 44 heavy (non-hydrogen) atoms. The fraction of sp³-hybridized carbons (Fsp3) is 0.147. The molecule has 0 bridgehead atoms. The van der Waals surface area contributed by atoms with Crippen LogP contribution in [-0.2, 0) is 21.5 Å². The second-order valence-electron chi connectivity index (χ2n) is 10.5. The van der Waals surface area contributed by atoms with E-state index in [1.54, 1.807) is 18.2 Å². The molecule has 0 radical (unpaired) electrons. The van der Waals surface area contributed by atoms with Crippen LogP contribution >= 0.6 is 11.6 Å². The molecule has 1 aliphatic heterocycles. The first-order valence-corrected chi connectivity index (χ1v) is 14.0. The Labute approximate surface area is 256 Å². The van der Waals surface area contributed by atoms with Crippen LogP contribution in [0.1, 0.15) is 35.3 Å². The van der Waals surface area contributed by atoms with Gasteiger partial charge in [-0.3, -0.25) is 14.4 Å². The minimum Gasteiger partial charge on any atom is -0.507 e. The number of rotatable bonds is 7. The molecule has 4 aromatic rings. The molecule has 0 spiro atoms. The molecule has 0 unspecified atom stereocenters. The average Bonchev–Trinajstić information content (AvgIpc) is 3.30. The van der Waals surface area contributed by atoms with Gasteiger partial charge in [0.15, 0.2) is 17.3 Å². The lowest BCUT2D eigenvalue weighted by Gasteiger charge is -2.27. The van der Waals surface area contributed by atoms with Gasteiger partial charge in [-0.25, -0.2) is 0 Å². The number of allylic oxidation sites excluding steroid dienone is 3. The summed E-state index contributed by atoms with van der Waals surface area (Å²) in [6.45, 7) is 2.73. The van der Waals surface area contributed by atoms with Gasteiger partial charge < -0.3 is 29.7 Å². The Hall–Kier alpha value is -5.28. The van der Waals surface area contributed by atoms with Crippen molar-refractivity contribution in [2.45, 2.75) is 25.8 Å². The summed E-state index contributed by atoms with van der Waals surface area (Å²) >= 11 is 6.30. The van der Waals surface area contributed by atoms with E-state index < -0.39 is 34.2 Å². The molecule has 2 aliphatic rings. The van der Waals surface area contributed by atoms with E-state index in [1.807, 2.05) is 42.5 Å². The van der Waals surface area contributed by atoms with Crippen molar-refractivity contribution in [1.82, 2.24) is 5.32 Å². The molecule has 10 heteroatoms. The smallest absolute Gasteiger partial charge is 0.259 e. The molecule has 1 atom stereocenters. The van der Waals surface area contributed by atoms with Gasteiger partial charge in [0, 0.05) is 24.1 Å². The number of aliphatic hydroxyl groups excluding tert-OH is 1. The number of ether oxygens (including phenoxy) is 3. The molecule has 1 aliphatic carbocycles. The molecule has 6 rings (SSSR count). The van der Waals surface area contributed by atoms with Crippen molar-refractivity contribution in [2.75, 3.05) is 7.11 Å². The number of hydrogen-bond donors (Lipinski definition) is 3. The number of ketones is 2. The first-order valence-electron chi connectivity index (χ1n) is 13.6. The molecule has 0 aromatic heterocycles. The van der Waals surface area contributed by atoms with Gasteiger partial charge in [0.2, 0.25) is 0 Å². The third-order valence-electron chi connectivity index (χ3n) is 7.90. The fourth-order valence-electron chi connectivity index (χ4n) is 5.71. The molecule has 9 nitrogen and oxygen atoms in total. The van der Waals surface area contributed by atoms with Gasteiger partial charge in [-0.2, -0.15) is 0 Å². The maximum absolute atomic E-state index is 13.8. The normalized spacial score (nSPS) is 17.0. The van der Waals surface area contributed by atoms with Crippen molar-refractivity contribution in [1.29, 1.82) is 0 Å². The van der Waals surface area contributed by atoms with Crippen LogP contribution in [0.2, 0.25) is 5.02 Å². The quantitative estimate of drug-likeness (QED) is 0.203. The topological polar surface area (TPSA) is 131 Å². The van der Waals surface area contributed by atoms with E-state index in [4.69, 9.17) is 25.8 Å². The minimum absolute atomic E-state index is 0.00234. The predicted molar refractivity (Wildman–Crippen MR) is 163 cm³/mol. The number of phenolic OH excluding ortho intramolecular Hbond substituents is 1. The van der Waals surface area contributed by atoms with Crippen LogP contribution in [0, 0.1) is 0 Å². The van der Waals surface area contributed by atoms with Gasteiger partial charge in [0.25, 0.3) is 5.91 Å². The van der Waals surface area contributed by atoms with Crippen LogP contribution in [0.4, 0.5) is 0 Å². The summed E-state index contributed by atoms with van der Waals surface area (Å²) in [5.74, 6) is -1.93. The number of hydrogen-bond acceptors (Lipinski definition) is 8. The van der Waals surface area contributed by atoms with Crippen LogP contribution in [0.15, 0.2) is 89.9 Å². The molecular weight excluding hydrogens is 586 g/mol. The monoisotopic (exact) mass is 611 g/mol. The number of benzene rings is 4. The Morgan fingerprint density at radius 1 is 0.977 bits per heavy atom. The van der Waals surface area contributed by atoms with Gasteiger partial charge in [0.1, 0.15) is 51.1 Å². The molecule has 3 N–H and O–H groups in total. The number of fused-ring (bicyclic) bond motifs is 4. The zero-order valence-electron chi connectivity index (χ0n) is 23.9. The number of Topliss-reactive ketones (excluding diaryl/α,β-unsaturated/α-hetero) is 2. The highest BCUT2D eigenvalue weighted by Crippen LogP contribution is 2.56. The number of amides is 1. The second-order valence-corrected chi connectivity index (χ2v) is 10.9. The van der Waals surface area contributed by atoms with E-state index in [9.17, 15) is 24.6 Å². The average molecular weight is 612 g/mol. The maximum Gasteiger partial charge on any atom is 0.259 e. The number of carbonyl (C=O) groups is 3. The van der Waals surface area contributed by atoms with E-state index >= 15 is 0 Å². The summed E-state index contributed by atoms with van der Waals surface area (Å²) in [5.41, 5.74) is -1.34. The van der Waals surface area contributed by atoms with Crippen molar-refractivity contribution >= 4 is 39.8 Å². The Morgan fingerprint density at radius 2 is 1.68 bits per heavy atom. The van der Waals surface area contributed by atoms with Gasteiger partial charge in [-0.15, -0.1) is 0 Å². The first-order chi connectivity index (χ1) is 21.1. The van der Waals surface area contributed by atoms with Crippen LogP contribution in [0.5, 0.6) is 28.7 Å². The minimum atomic E-state index is -1.65. The lowest BCUT2D eigenvalue weighted by molar-refractivity contribution is -0.123. The van der Waals surface area contributed by atoms with Gasteiger partial charge in [-0.1, -0.05) is 54.1 Å². The highest BCUT2D eigenvalue weighted by Gasteiger charge is 2.55. The summed E-state index contributed by atoms with van der Waals surface area (Å²) in [6.07, 6.45) is 1.16. The summed E-state index contributed by atoms with van der Waals surface area (Å²) in [6, 6.07) is 19.6. The molecule has 1 amide bonds. The van der Waals surface area contributed by atoms with Crippen molar-refractivity contribution in [3.8, 4) is 28.7 Å². The van der Waals surface area contributed by atoms with Gasteiger partial charge in [-0.05, 0) is 43.0 Å². The molecule has 0 saturated heterocycles. The zero-order chi connectivity index (χ0) is 31.3. The predicted octanol–water partition coefficient (Wildman–Crippen LogP) is 6.45.